The first-order chi connectivity index (χ1) is 12.2. The molecular weight excluding hydrogens is 318 g/mol. The third kappa shape index (κ3) is 2.80. The van der Waals surface area contributed by atoms with Crippen LogP contribution in [0.5, 0.6) is 17.2 Å². The van der Waals surface area contributed by atoms with Gasteiger partial charge in [-0.2, -0.15) is 0 Å². The monoisotopic (exact) mass is 339 g/mol. The number of fused-ring (bicyclic) bond motifs is 1. The van der Waals surface area contributed by atoms with Gasteiger partial charge < -0.3 is 19.5 Å². The molecule has 5 nitrogen and oxygen atoms in total. The van der Waals surface area contributed by atoms with Crippen LogP contribution in [0.3, 0.4) is 0 Å². The van der Waals surface area contributed by atoms with E-state index in [1.165, 1.54) is 0 Å². The molecular formula is C20H21NO4. The van der Waals surface area contributed by atoms with E-state index in [9.17, 15) is 4.79 Å². The topological polar surface area (TPSA) is 56.8 Å². The molecule has 2 aromatic carbocycles. The number of para-hydroxylation sites is 1. The second kappa shape index (κ2) is 6.31. The molecule has 2 aromatic rings. The van der Waals surface area contributed by atoms with Crippen molar-refractivity contribution in [2.75, 3.05) is 13.9 Å². The van der Waals surface area contributed by atoms with Gasteiger partial charge in [0, 0.05) is 11.1 Å². The predicted octanol–water partition coefficient (Wildman–Crippen LogP) is 3.62. The number of amides is 1. The van der Waals surface area contributed by atoms with Crippen LogP contribution in [0.4, 0.5) is 0 Å². The number of hydrogen-bond acceptors (Lipinski definition) is 4. The Hall–Kier alpha value is -2.69. The zero-order chi connectivity index (χ0) is 17.3. The third-order valence-electron chi connectivity index (χ3n) is 5.07. The molecule has 1 amide bonds. The van der Waals surface area contributed by atoms with E-state index in [0.29, 0.717) is 17.1 Å². The number of rotatable bonds is 4. The fraction of sp³-hybridized carbons (Fsp3) is 0.350. The molecule has 1 saturated carbocycles. The Balaban J connectivity index is 1.65. The highest BCUT2D eigenvalue weighted by Gasteiger charge is 2.39. The Kier molecular flexibility index (Phi) is 3.99. The van der Waals surface area contributed by atoms with Crippen LogP contribution in [0.15, 0.2) is 42.5 Å². The first-order valence-electron chi connectivity index (χ1n) is 8.57. The van der Waals surface area contributed by atoms with Gasteiger partial charge in [0.05, 0.1) is 12.6 Å². The summed E-state index contributed by atoms with van der Waals surface area (Å²) >= 11 is 0. The highest BCUT2D eigenvalue weighted by Crippen LogP contribution is 2.43. The average Bonchev–Trinajstić information content (AvgIpc) is 3.30. The zero-order valence-corrected chi connectivity index (χ0v) is 14.2. The molecule has 0 aromatic heterocycles. The van der Waals surface area contributed by atoms with Gasteiger partial charge in [-0.3, -0.25) is 4.79 Å². The average molecular weight is 339 g/mol. The summed E-state index contributed by atoms with van der Waals surface area (Å²) in [5.41, 5.74) is 1.23. The summed E-state index contributed by atoms with van der Waals surface area (Å²) in [7, 11) is 1.67. The van der Waals surface area contributed by atoms with Crippen LogP contribution < -0.4 is 19.5 Å². The number of hydrogen-bond donors (Lipinski definition) is 1. The maximum Gasteiger partial charge on any atom is 0.252 e. The first kappa shape index (κ1) is 15.8. The second-order valence-corrected chi connectivity index (χ2v) is 6.51. The smallest absolute Gasteiger partial charge is 0.252 e. The van der Waals surface area contributed by atoms with Crippen LogP contribution in [-0.4, -0.2) is 19.8 Å². The first-order valence-corrected chi connectivity index (χ1v) is 8.57. The normalized spacial score (nSPS) is 17.3. The van der Waals surface area contributed by atoms with Crippen molar-refractivity contribution < 1.29 is 19.0 Å². The second-order valence-electron chi connectivity index (χ2n) is 6.51. The van der Waals surface area contributed by atoms with Crippen LogP contribution in [-0.2, 0) is 5.54 Å². The van der Waals surface area contributed by atoms with Crippen molar-refractivity contribution >= 4 is 5.91 Å². The Morgan fingerprint density at radius 1 is 1.08 bits per heavy atom. The SMILES string of the molecule is COc1ccccc1C1(NC(=O)c2ccc3c(c2)OCO3)CCCC1. The van der Waals surface area contributed by atoms with Gasteiger partial charge >= 0.3 is 0 Å². The number of benzene rings is 2. The molecule has 130 valence electrons. The lowest BCUT2D eigenvalue weighted by molar-refractivity contribution is 0.0896. The number of methoxy groups -OCH3 is 1. The van der Waals surface area contributed by atoms with E-state index in [4.69, 9.17) is 14.2 Å². The van der Waals surface area contributed by atoms with Crippen LogP contribution >= 0.6 is 0 Å². The number of carbonyl (C=O) groups is 1. The summed E-state index contributed by atoms with van der Waals surface area (Å²) in [5.74, 6) is 2.00. The molecule has 0 unspecified atom stereocenters. The van der Waals surface area contributed by atoms with E-state index >= 15 is 0 Å². The largest absolute Gasteiger partial charge is 0.496 e. The van der Waals surface area contributed by atoms with Crippen LogP contribution in [0, 0.1) is 0 Å². The molecule has 0 radical (unpaired) electrons. The summed E-state index contributed by atoms with van der Waals surface area (Å²) in [5, 5.41) is 3.28. The summed E-state index contributed by atoms with van der Waals surface area (Å²) < 4.78 is 16.2. The van der Waals surface area contributed by atoms with Gasteiger partial charge in [0.15, 0.2) is 11.5 Å². The number of nitrogens with one attached hydrogen (secondary N) is 1. The molecule has 25 heavy (non-hydrogen) atoms. The van der Waals surface area contributed by atoms with Gasteiger partial charge in [-0.05, 0) is 37.1 Å². The van der Waals surface area contributed by atoms with E-state index in [-0.39, 0.29) is 18.2 Å². The van der Waals surface area contributed by atoms with Crippen molar-refractivity contribution in [1.29, 1.82) is 0 Å². The van der Waals surface area contributed by atoms with Crippen molar-refractivity contribution in [1.82, 2.24) is 5.32 Å². The minimum atomic E-state index is -0.389. The van der Waals surface area contributed by atoms with E-state index in [2.05, 4.69) is 5.32 Å². The van der Waals surface area contributed by atoms with Gasteiger partial charge in [-0.25, -0.2) is 0 Å². The maximum absolute atomic E-state index is 12.9. The highest BCUT2D eigenvalue weighted by molar-refractivity contribution is 5.95. The molecule has 4 rings (SSSR count). The summed E-state index contributed by atoms with van der Waals surface area (Å²) in [6, 6.07) is 13.2. The Bertz CT molecular complexity index is 796. The number of carbonyl (C=O) groups excluding carboxylic acids is 1. The standard InChI is InChI=1S/C20H21NO4/c1-23-16-7-3-2-6-15(16)20(10-4-5-11-20)21-19(22)14-8-9-17-18(12-14)25-13-24-17/h2-3,6-9,12H,4-5,10-11,13H2,1H3,(H,21,22). The molecule has 5 heteroatoms. The summed E-state index contributed by atoms with van der Waals surface area (Å²) in [4.78, 5) is 12.9. The fourth-order valence-electron chi connectivity index (χ4n) is 3.81. The molecule has 1 aliphatic heterocycles. The maximum atomic E-state index is 12.9. The van der Waals surface area contributed by atoms with Gasteiger partial charge in [-0.15, -0.1) is 0 Å². The molecule has 1 heterocycles. The minimum Gasteiger partial charge on any atom is -0.496 e. The van der Waals surface area contributed by atoms with Crippen LogP contribution in [0.25, 0.3) is 0 Å². The van der Waals surface area contributed by atoms with Gasteiger partial charge in [0.1, 0.15) is 5.75 Å². The van der Waals surface area contributed by atoms with Crippen molar-refractivity contribution in [3.05, 3.63) is 53.6 Å². The Morgan fingerprint density at radius 3 is 2.64 bits per heavy atom. The van der Waals surface area contributed by atoms with Gasteiger partial charge in [0.2, 0.25) is 6.79 Å². The van der Waals surface area contributed by atoms with Crippen molar-refractivity contribution in [2.45, 2.75) is 31.2 Å². The van der Waals surface area contributed by atoms with E-state index in [1.54, 1.807) is 25.3 Å². The molecule has 2 aliphatic rings. The van der Waals surface area contributed by atoms with Crippen molar-refractivity contribution in [3.63, 3.8) is 0 Å². The molecule has 1 aliphatic carbocycles. The Morgan fingerprint density at radius 2 is 1.84 bits per heavy atom. The van der Waals surface area contributed by atoms with Gasteiger partial charge in [0.25, 0.3) is 5.91 Å². The van der Waals surface area contributed by atoms with E-state index in [0.717, 1.165) is 37.0 Å². The lowest BCUT2D eigenvalue weighted by Crippen LogP contribution is -2.44. The molecule has 1 fully saturated rings. The molecule has 0 spiro atoms. The van der Waals surface area contributed by atoms with E-state index < -0.39 is 0 Å². The van der Waals surface area contributed by atoms with Crippen molar-refractivity contribution in [2.24, 2.45) is 0 Å². The third-order valence-corrected chi connectivity index (χ3v) is 5.07. The predicted molar refractivity (Wildman–Crippen MR) is 93.2 cm³/mol. The summed E-state index contributed by atoms with van der Waals surface area (Å²) in [6.07, 6.45) is 3.98. The zero-order valence-electron chi connectivity index (χ0n) is 14.2. The Labute approximate surface area is 146 Å². The molecule has 1 N–H and O–H groups in total. The lowest BCUT2D eigenvalue weighted by Gasteiger charge is -2.32. The number of ether oxygens (including phenoxy) is 3. The fourth-order valence-corrected chi connectivity index (χ4v) is 3.81. The molecule has 0 atom stereocenters. The van der Waals surface area contributed by atoms with Crippen LogP contribution in [0.1, 0.15) is 41.6 Å². The van der Waals surface area contributed by atoms with Crippen LogP contribution in [0.2, 0.25) is 0 Å². The van der Waals surface area contributed by atoms with Crippen molar-refractivity contribution in [3.8, 4) is 17.2 Å². The van der Waals surface area contributed by atoms with E-state index in [1.807, 2.05) is 24.3 Å². The quantitative estimate of drug-likeness (QED) is 0.924. The minimum absolute atomic E-state index is 0.105. The highest BCUT2D eigenvalue weighted by atomic mass is 16.7. The molecule has 0 bridgehead atoms. The lowest BCUT2D eigenvalue weighted by atomic mass is 9.87. The summed E-state index contributed by atoms with van der Waals surface area (Å²) in [6.45, 7) is 0.200. The van der Waals surface area contributed by atoms with Gasteiger partial charge in [-0.1, -0.05) is 31.0 Å². The molecule has 0 saturated heterocycles.